The molecule has 0 saturated heterocycles. The number of hydrogen-bond donors (Lipinski definition) is 2. The van der Waals surface area contributed by atoms with Crippen LogP contribution >= 0.6 is 12.2 Å². The Morgan fingerprint density at radius 3 is 2.67 bits per heavy atom. The Balaban J connectivity index is 1.84. The van der Waals surface area contributed by atoms with Crippen molar-refractivity contribution >= 4 is 22.9 Å². The fourth-order valence-electron chi connectivity index (χ4n) is 2.74. The molecule has 0 unspecified atom stereocenters. The van der Waals surface area contributed by atoms with Gasteiger partial charge in [0.25, 0.3) is 0 Å². The largest absolute Gasteiger partial charge is 0.389 e. The summed E-state index contributed by atoms with van der Waals surface area (Å²) < 4.78 is 0. The van der Waals surface area contributed by atoms with Gasteiger partial charge in [0, 0.05) is 17.8 Å². The lowest BCUT2D eigenvalue weighted by Gasteiger charge is -2.22. The van der Waals surface area contributed by atoms with Crippen molar-refractivity contribution in [2.45, 2.75) is 38.5 Å². The topological polar surface area (TPSA) is 38.0 Å². The molecular weight excluding hydrogens is 240 g/mol. The van der Waals surface area contributed by atoms with Crippen molar-refractivity contribution in [3.63, 3.8) is 0 Å². The highest BCUT2D eigenvalue weighted by Crippen LogP contribution is 2.26. The molecule has 1 aliphatic rings. The van der Waals surface area contributed by atoms with Crippen LogP contribution in [-0.4, -0.2) is 11.5 Å². The predicted molar refractivity (Wildman–Crippen MR) is 82.0 cm³/mol. The molecule has 1 aromatic rings. The minimum absolute atomic E-state index is 0.468. The van der Waals surface area contributed by atoms with E-state index in [2.05, 4.69) is 11.4 Å². The highest BCUT2D eigenvalue weighted by atomic mass is 32.1. The van der Waals surface area contributed by atoms with Crippen molar-refractivity contribution in [2.24, 2.45) is 11.7 Å². The zero-order valence-corrected chi connectivity index (χ0v) is 11.6. The van der Waals surface area contributed by atoms with Gasteiger partial charge in [-0.1, -0.05) is 56.5 Å². The Bertz CT molecular complexity index is 397. The number of hydrogen-bond acceptors (Lipinski definition) is 2. The number of benzene rings is 1. The summed E-state index contributed by atoms with van der Waals surface area (Å²) in [5, 5.41) is 3.47. The molecule has 98 valence electrons. The molecule has 1 fully saturated rings. The lowest BCUT2D eigenvalue weighted by Crippen LogP contribution is -2.16. The second kappa shape index (κ2) is 6.74. The average molecular weight is 262 g/mol. The smallest absolute Gasteiger partial charge is 0.106 e. The number of rotatable bonds is 5. The van der Waals surface area contributed by atoms with E-state index in [9.17, 15) is 0 Å². The molecule has 0 heterocycles. The van der Waals surface area contributed by atoms with Gasteiger partial charge in [-0.2, -0.15) is 0 Å². The van der Waals surface area contributed by atoms with Crippen LogP contribution in [0.1, 0.15) is 44.1 Å². The molecule has 2 rings (SSSR count). The van der Waals surface area contributed by atoms with E-state index in [-0.39, 0.29) is 0 Å². The van der Waals surface area contributed by atoms with Crippen molar-refractivity contribution in [2.75, 3.05) is 11.9 Å². The van der Waals surface area contributed by atoms with Crippen molar-refractivity contribution in [3.8, 4) is 0 Å². The Labute approximate surface area is 115 Å². The molecule has 0 amide bonds. The summed E-state index contributed by atoms with van der Waals surface area (Å²) in [6, 6.07) is 8.02. The molecule has 2 nitrogen and oxygen atoms in total. The van der Waals surface area contributed by atoms with Crippen LogP contribution in [0.2, 0.25) is 0 Å². The SMILES string of the molecule is NC(=S)c1ccccc1NCCC1CCCCC1. The summed E-state index contributed by atoms with van der Waals surface area (Å²) in [5.41, 5.74) is 7.75. The Hall–Kier alpha value is -1.09. The second-order valence-electron chi connectivity index (χ2n) is 5.13. The predicted octanol–water partition coefficient (Wildman–Crippen LogP) is 3.70. The minimum atomic E-state index is 0.468. The first-order chi connectivity index (χ1) is 8.77. The zero-order valence-electron chi connectivity index (χ0n) is 10.8. The standard InChI is InChI=1S/C15H22N2S/c16-15(18)13-8-4-5-9-14(13)17-11-10-12-6-2-1-3-7-12/h4-5,8-9,12,17H,1-3,6-7,10-11H2,(H2,16,18). The van der Waals surface area contributed by atoms with Gasteiger partial charge in [-0.15, -0.1) is 0 Å². The van der Waals surface area contributed by atoms with Gasteiger partial charge in [-0.3, -0.25) is 0 Å². The summed E-state index contributed by atoms with van der Waals surface area (Å²) in [6.45, 7) is 1.02. The number of anilines is 1. The van der Waals surface area contributed by atoms with Gasteiger partial charge in [0.1, 0.15) is 4.99 Å². The summed E-state index contributed by atoms with van der Waals surface area (Å²) in [6.07, 6.45) is 8.30. The first kappa shape index (κ1) is 13.3. The molecule has 1 saturated carbocycles. The first-order valence-corrected chi connectivity index (χ1v) is 7.31. The minimum Gasteiger partial charge on any atom is -0.389 e. The zero-order chi connectivity index (χ0) is 12.8. The summed E-state index contributed by atoms with van der Waals surface area (Å²) in [5.74, 6) is 0.906. The van der Waals surface area contributed by atoms with Crippen LogP contribution < -0.4 is 11.1 Å². The fraction of sp³-hybridized carbons (Fsp3) is 0.533. The maximum absolute atomic E-state index is 5.72. The van der Waals surface area contributed by atoms with Gasteiger partial charge in [0.05, 0.1) is 0 Å². The summed E-state index contributed by atoms with van der Waals surface area (Å²) >= 11 is 5.06. The molecule has 3 N–H and O–H groups in total. The third kappa shape index (κ3) is 3.70. The van der Waals surface area contributed by atoms with Gasteiger partial charge in [0.2, 0.25) is 0 Å². The van der Waals surface area contributed by atoms with Crippen LogP contribution in [0, 0.1) is 5.92 Å². The molecule has 0 spiro atoms. The normalized spacial score (nSPS) is 16.4. The summed E-state index contributed by atoms with van der Waals surface area (Å²) in [7, 11) is 0. The maximum Gasteiger partial charge on any atom is 0.106 e. The fourth-order valence-corrected chi connectivity index (χ4v) is 2.92. The second-order valence-corrected chi connectivity index (χ2v) is 5.57. The molecular formula is C15H22N2S. The molecule has 1 aliphatic carbocycles. The van der Waals surface area contributed by atoms with E-state index in [1.807, 2.05) is 18.2 Å². The quantitative estimate of drug-likeness (QED) is 0.795. The molecule has 0 radical (unpaired) electrons. The lowest BCUT2D eigenvalue weighted by molar-refractivity contribution is 0.345. The Kier molecular flexibility index (Phi) is 5.00. The number of thiocarbonyl (C=S) groups is 1. The van der Waals surface area contributed by atoms with Crippen LogP contribution in [0.4, 0.5) is 5.69 Å². The lowest BCUT2D eigenvalue weighted by atomic mass is 9.87. The van der Waals surface area contributed by atoms with E-state index < -0.39 is 0 Å². The van der Waals surface area contributed by atoms with Crippen LogP contribution in [0.5, 0.6) is 0 Å². The molecule has 3 heteroatoms. The van der Waals surface area contributed by atoms with E-state index >= 15 is 0 Å². The van der Waals surface area contributed by atoms with Gasteiger partial charge in [0.15, 0.2) is 0 Å². The molecule has 1 aromatic carbocycles. The molecule has 18 heavy (non-hydrogen) atoms. The highest BCUT2D eigenvalue weighted by Gasteiger charge is 2.13. The molecule has 0 aliphatic heterocycles. The number of para-hydroxylation sites is 1. The summed E-state index contributed by atoms with van der Waals surface area (Å²) in [4.78, 5) is 0.468. The van der Waals surface area contributed by atoms with E-state index in [4.69, 9.17) is 18.0 Å². The van der Waals surface area contributed by atoms with Gasteiger partial charge >= 0.3 is 0 Å². The Morgan fingerprint density at radius 1 is 1.22 bits per heavy atom. The van der Waals surface area contributed by atoms with Crippen LogP contribution in [0.25, 0.3) is 0 Å². The van der Waals surface area contributed by atoms with Crippen molar-refractivity contribution < 1.29 is 0 Å². The highest BCUT2D eigenvalue weighted by molar-refractivity contribution is 7.80. The van der Waals surface area contributed by atoms with Gasteiger partial charge < -0.3 is 11.1 Å². The molecule has 0 atom stereocenters. The van der Waals surface area contributed by atoms with Gasteiger partial charge in [-0.05, 0) is 24.5 Å². The number of nitrogens with one attached hydrogen (secondary N) is 1. The van der Waals surface area contributed by atoms with Gasteiger partial charge in [-0.25, -0.2) is 0 Å². The van der Waals surface area contributed by atoms with E-state index in [0.717, 1.165) is 23.7 Å². The van der Waals surface area contributed by atoms with Crippen molar-refractivity contribution in [3.05, 3.63) is 29.8 Å². The van der Waals surface area contributed by atoms with Crippen LogP contribution in [-0.2, 0) is 0 Å². The van der Waals surface area contributed by atoms with Crippen molar-refractivity contribution in [1.82, 2.24) is 0 Å². The van der Waals surface area contributed by atoms with Crippen LogP contribution in [0.3, 0.4) is 0 Å². The Morgan fingerprint density at radius 2 is 1.94 bits per heavy atom. The first-order valence-electron chi connectivity index (χ1n) is 6.90. The monoisotopic (exact) mass is 262 g/mol. The third-order valence-corrected chi connectivity index (χ3v) is 4.01. The van der Waals surface area contributed by atoms with Crippen molar-refractivity contribution in [1.29, 1.82) is 0 Å². The van der Waals surface area contributed by atoms with Crippen LogP contribution in [0.15, 0.2) is 24.3 Å². The maximum atomic E-state index is 5.72. The van der Waals surface area contributed by atoms with E-state index in [1.165, 1.54) is 38.5 Å². The van der Waals surface area contributed by atoms with E-state index in [0.29, 0.717) is 4.99 Å². The molecule has 0 bridgehead atoms. The van der Waals surface area contributed by atoms with E-state index in [1.54, 1.807) is 0 Å². The average Bonchev–Trinajstić information content (AvgIpc) is 2.40. The molecule has 0 aromatic heterocycles. The number of nitrogens with two attached hydrogens (primary N) is 1. The third-order valence-electron chi connectivity index (χ3n) is 3.79.